The highest BCUT2D eigenvalue weighted by Gasteiger charge is 2.31. The number of ether oxygens (including phenoxy) is 2. The summed E-state index contributed by atoms with van der Waals surface area (Å²) in [6.45, 7) is 3.10. The van der Waals surface area contributed by atoms with Gasteiger partial charge in [-0.1, -0.05) is 12.8 Å². The first-order valence-corrected chi connectivity index (χ1v) is 9.94. The Bertz CT molecular complexity index is 682. The molecule has 8 N–H and O–H groups in total. The summed E-state index contributed by atoms with van der Waals surface area (Å²) < 4.78 is 11.3. The molecule has 0 aromatic carbocycles. The van der Waals surface area contributed by atoms with Crippen molar-refractivity contribution in [2.75, 3.05) is 24.7 Å². The molecule has 1 aliphatic heterocycles. The lowest BCUT2D eigenvalue weighted by Gasteiger charge is -2.16. The van der Waals surface area contributed by atoms with Crippen LogP contribution in [0, 0.1) is 11.3 Å². The minimum absolute atomic E-state index is 0.0546. The molecule has 164 valence electrons. The highest BCUT2D eigenvalue weighted by Crippen LogP contribution is 2.28. The van der Waals surface area contributed by atoms with Crippen LogP contribution in [0.5, 0.6) is 6.01 Å². The van der Waals surface area contributed by atoms with E-state index in [1.54, 1.807) is 0 Å². The molecule has 2 fully saturated rings. The highest BCUT2D eigenvalue weighted by atomic mass is 16.5. The second-order valence-electron chi connectivity index (χ2n) is 8.03. The first-order chi connectivity index (χ1) is 13.6. The van der Waals surface area contributed by atoms with Gasteiger partial charge in [-0.25, -0.2) is 0 Å². The van der Waals surface area contributed by atoms with Crippen LogP contribution in [0.1, 0.15) is 58.1 Å². The third-order valence-corrected chi connectivity index (χ3v) is 4.77. The highest BCUT2D eigenvalue weighted by molar-refractivity contribution is 6.05. The second kappa shape index (κ2) is 10.1. The maximum absolute atomic E-state index is 9.17. The Morgan fingerprint density at radius 3 is 2.34 bits per heavy atom. The van der Waals surface area contributed by atoms with Crippen LogP contribution >= 0.6 is 0 Å². The molecular formula is C19H33N5O5. The van der Waals surface area contributed by atoms with Crippen molar-refractivity contribution < 1.29 is 24.8 Å². The topological polar surface area (TPSA) is 181 Å². The summed E-state index contributed by atoms with van der Waals surface area (Å²) in [5, 5.41) is 33.7. The molecule has 10 heteroatoms. The number of aromatic nitrogens is 2. The fourth-order valence-corrected chi connectivity index (χ4v) is 3.31. The molecule has 0 radical (unpaired) electrons. The fraction of sp³-hybridized carbons (Fsp3) is 0.737. The zero-order valence-electron chi connectivity index (χ0n) is 17.1. The van der Waals surface area contributed by atoms with Crippen LogP contribution in [0.4, 0.5) is 11.5 Å². The zero-order valence-corrected chi connectivity index (χ0v) is 17.1. The second-order valence-corrected chi connectivity index (χ2v) is 8.03. The van der Waals surface area contributed by atoms with Crippen LogP contribution in [0.2, 0.25) is 0 Å². The van der Waals surface area contributed by atoms with E-state index in [0.717, 1.165) is 12.8 Å². The predicted molar refractivity (Wildman–Crippen MR) is 109 cm³/mol. The number of nitrogen functional groups attached to an aromatic ring is 2. The van der Waals surface area contributed by atoms with Crippen LogP contribution in [0.15, 0.2) is 0 Å². The number of rotatable bonds is 6. The van der Waals surface area contributed by atoms with E-state index in [4.69, 9.17) is 41.7 Å². The van der Waals surface area contributed by atoms with E-state index in [0.29, 0.717) is 25.4 Å². The van der Waals surface area contributed by atoms with Gasteiger partial charge in [-0.15, -0.1) is 0 Å². The summed E-state index contributed by atoms with van der Waals surface area (Å²) in [7, 11) is 0. The molecule has 0 bridgehead atoms. The summed E-state index contributed by atoms with van der Waals surface area (Å²) in [6.07, 6.45) is 5.45. The molecule has 2 atom stereocenters. The van der Waals surface area contributed by atoms with Crippen molar-refractivity contribution in [1.29, 1.82) is 5.41 Å². The Kier molecular flexibility index (Phi) is 8.14. The molecule has 2 heterocycles. The predicted octanol–water partition coefficient (Wildman–Crippen LogP) is 0.825. The Hall–Kier alpha value is -2.01. The lowest BCUT2D eigenvalue weighted by Crippen LogP contribution is -2.25. The van der Waals surface area contributed by atoms with Gasteiger partial charge in [0.15, 0.2) is 11.6 Å². The van der Waals surface area contributed by atoms with Crippen molar-refractivity contribution in [1.82, 2.24) is 9.97 Å². The number of nitrogens with one attached hydrogen (secondary N) is 1. The first kappa shape index (κ1) is 23.3. The van der Waals surface area contributed by atoms with Gasteiger partial charge >= 0.3 is 6.01 Å². The van der Waals surface area contributed by atoms with Crippen molar-refractivity contribution in [3.63, 3.8) is 0 Å². The molecule has 1 aromatic heterocycles. The minimum Gasteiger partial charge on any atom is -0.463 e. The van der Waals surface area contributed by atoms with Gasteiger partial charge in [-0.05, 0) is 45.4 Å². The quantitative estimate of drug-likeness (QED) is 0.292. The first-order valence-electron chi connectivity index (χ1n) is 9.94. The molecule has 0 amide bonds. The van der Waals surface area contributed by atoms with Crippen molar-refractivity contribution in [3.05, 3.63) is 5.69 Å². The standard InChI is InChI=1S/C16H25N5O3.C3H8O2/c17-12(11-6-5-10(7-22)24-11)14-13(18)15(19)21-16(20-14)23-8-9-3-1-2-4-9;1-3(2,4)5/h9-11,17,22H,1-8,18H2,(H2,19,20,21);4-5H,1-2H3. The summed E-state index contributed by atoms with van der Waals surface area (Å²) in [6, 6.07) is 0.157. The summed E-state index contributed by atoms with van der Waals surface area (Å²) in [5.41, 5.74) is 12.4. The molecule has 1 aliphatic carbocycles. The van der Waals surface area contributed by atoms with Crippen LogP contribution in [-0.2, 0) is 4.74 Å². The third-order valence-electron chi connectivity index (χ3n) is 4.77. The van der Waals surface area contributed by atoms with Crippen LogP contribution in [0.25, 0.3) is 0 Å². The number of aliphatic hydroxyl groups is 3. The van der Waals surface area contributed by atoms with Crippen molar-refractivity contribution in [3.8, 4) is 6.01 Å². The summed E-state index contributed by atoms with van der Waals surface area (Å²) >= 11 is 0. The largest absolute Gasteiger partial charge is 0.463 e. The number of anilines is 2. The van der Waals surface area contributed by atoms with E-state index >= 15 is 0 Å². The average Bonchev–Trinajstić information content (AvgIpc) is 3.32. The van der Waals surface area contributed by atoms with Gasteiger partial charge < -0.3 is 41.7 Å². The zero-order chi connectivity index (χ0) is 21.6. The minimum atomic E-state index is -1.50. The van der Waals surface area contributed by atoms with Gasteiger partial charge in [-0.3, -0.25) is 0 Å². The van der Waals surface area contributed by atoms with Gasteiger partial charge in [-0.2, -0.15) is 9.97 Å². The Labute approximate surface area is 170 Å². The summed E-state index contributed by atoms with van der Waals surface area (Å²) in [5.74, 6) is -0.860. The Balaban J connectivity index is 0.000000537. The maximum atomic E-state index is 9.17. The molecule has 2 unspecified atom stereocenters. The third kappa shape index (κ3) is 7.39. The normalized spacial score (nSPS) is 22.2. The molecule has 0 spiro atoms. The molecule has 1 saturated carbocycles. The van der Waals surface area contributed by atoms with E-state index in [1.165, 1.54) is 26.7 Å². The number of nitrogens with two attached hydrogens (primary N) is 2. The van der Waals surface area contributed by atoms with Gasteiger partial charge in [0.25, 0.3) is 0 Å². The fourth-order valence-electron chi connectivity index (χ4n) is 3.31. The van der Waals surface area contributed by atoms with Crippen LogP contribution in [0.3, 0.4) is 0 Å². The molecule has 1 saturated heterocycles. The molecule has 3 rings (SSSR count). The van der Waals surface area contributed by atoms with Crippen LogP contribution in [-0.4, -0.2) is 62.2 Å². The number of aliphatic hydroxyl groups excluding tert-OH is 1. The van der Waals surface area contributed by atoms with Gasteiger partial charge in [0, 0.05) is 0 Å². The number of hydrogen-bond acceptors (Lipinski definition) is 10. The molecule has 2 aliphatic rings. The number of nitrogens with zero attached hydrogens (tertiary/aromatic N) is 2. The maximum Gasteiger partial charge on any atom is 0.319 e. The van der Waals surface area contributed by atoms with Gasteiger partial charge in [0.05, 0.1) is 25.0 Å². The van der Waals surface area contributed by atoms with Crippen molar-refractivity contribution in [2.24, 2.45) is 5.92 Å². The summed E-state index contributed by atoms with van der Waals surface area (Å²) in [4.78, 5) is 8.36. The SMILES string of the molecule is CC(C)(O)O.N=C(c1nc(OCC2CCCC2)nc(N)c1N)C1CCC(CO)O1. The lowest BCUT2D eigenvalue weighted by atomic mass is 10.1. The van der Waals surface area contributed by atoms with Crippen molar-refractivity contribution >= 4 is 17.2 Å². The van der Waals surface area contributed by atoms with Crippen molar-refractivity contribution in [2.45, 2.75) is 70.4 Å². The van der Waals surface area contributed by atoms with Crippen LogP contribution < -0.4 is 16.2 Å². The molecule has 10 nitrogen and oxygen atoms in total. The Morgan fingerprint density at radius 2 is 1.79 bits per heavy atom. The van der Waals surface area contributed by atoms with E-state index in [-0.39, 0.29) is 41.6 Å². The van der Waals surface area contributed by atoms with E-state index in [2.05, 4.69) is 9.97 Å². The monoisotopic (exact) mass is 411 g/mol. The molecular weight excluding hydrogens is 378 g/mol. The number of hydrogen-bond donors (Lipinski definition) is 6. The van der Waals surface area contributed by atoms with E-state index in [1.807, 2.05) is 0 Å². The van der Waals surface area contributed by atoms with E-state index in [9.17, 15) is 0 Å². The van der Waals surface area contributed by atoms with E-state index < -0.39 is 11.9 Å². The molecule has 1 aromatic rings. The van der Waals surface area contributed by atoms with Gasteiger partial charge in [0.1, 0.15) is 17.5 Å². The lowest BCUT2D eigenvalue weighted by molar-refractivity contribution is -0.127. The van der Waals surface area contributed by atoms with Gasteiger partial charge in [0.2, 0.25) is 0 Å². The molecule has 29 heavy (non-hydrogen) atoms. The average molecular weight is 412 g/mol. The Morgan fingerprint density at radius 1 is 1.17 bits per heavy atom. The smallest absolute Gasteiger partial charge is 0.319 e.